The monoisotopic (exact) mass is 309 g/mol. The largest absolute Gasteiger partial charge is 0.384 e. The van der Waals surface area contributed by atoms with Crippen molar-refractivity contribution in [1.82, 2.24) is 4.98 Å². The fourth-order valence-corrected chi connectivity index (χ4v) is 2.41. The number of anilines is 1. The van der Waals surface area contributed by atoms with Crippen molar-refractivity contribution in [2.45, 2.75) is 6.42 Å². The average molecular weight is 310 g/mol. The summed E-state index contributed by atoms with van der Waals surface area (Å²) in [6, 6.07) is 7.12. The van der Waals surface area contributed by atoms with Crippen LogP contribution in [0.15, 0.2) is 36.7 Å². The highest BCUT2D eigenvalue weighted by Gasteiger charge is 2.07. The summed E-state index contributed by atoms with van der Waals surface area (Å²) in [7, 11) is 0. The number of nitrogens with zero attached hydrogens (tertiary/aromatic N) is 1. The normalized spacial score (nSPS) is 10.3. The molecule has 4 nitrogen and oxygen atoms in total. The van der Waals surface area contributed by atoms with E-state index in [0.717, 1.165) is 12.0 Å². The molecule has 6 heteroatoms. The minimum absolute atomic E-state index is 0.372. The van der Waals surface area contributed by atoms with Gasteiger partial charge in [-0.1, -0.05) is 23.2 Å². The molecule has 0 aliphatic carbocycles. The Morgan fingerprint density at radius 2 is 1.95 bits per heavy atom. The maximum Gasteiger partial charge on any atom is 0.252 e. The molecule has 2 aromatic rings. The Kier molecular flexibility index (Phi) is 4.82. The molecule has 0 spiro atoms. The van der Waals surface area contributed by atoms with Crippen LogP contribution in [0.5, 0.6) is 0 Å². The number of hydrogen-bond donors (Lipinski definition) is 2. The second-order valence-electron chi connectivity index (χ2n) is 4.24. The van der Waals surface area contributed by atoms with Crippen LogP contribution in [-0.2, 0) is 6.42 Å². The third-order valence-electron chi connectivity index (χ3n) is 2.74. The van der Waals surface area contributed by atoms with Gasteiger partial charge in [0.25, 0.3) is 5.91 Å². The molecule has 0 bridgehead atoms. The quantitative estimate of drug-likeness (QED) is 0.891. The van der Waals surface area contributed by atoms with Gasteiger partial charge in [0.15, 0.2) is 0 Å². The van der Waals surface area contributed by atoms with Crippen molar-refractivity contribution in [3.63, 3.8) is 0 Å². The van der Waals surface area contributed by atoms with Crippen LogP contribution in [0.25, 0.3) is 0 Å². The molecule has 0 saturated carbocycles. The Balaban J connectivity index is 2.01. The van der Waals surface area contributed by atoms with E-state index in [2.05, 4.69) is 10.3 Å². The van der Waals surface area contributed by atoms with Crippen molar-refractivity contribution < 1.29 is 4.79 Å². The number of nitrogens with two attached hydrogens (primary N) is 1. The van der Waals surface area contributed by atoms with E-state index >= 15 is 0 Å². The Morgan fingerprint density at radius 1 is 1.25 bits per heavy atom. The summed E-state index contributed by atoms with van der Waals surface area (Å²) < 4.78 is 0. The number of pyridine rings is 1. The van der Waals surface area contributed by atoms with Gasteiger partial charge in [-0.25, -0.2) is 0 Å². The van der Waals surface area contributed by atoms with Gasteiger partial charge in [-0.2, -0.15) is 0 Å². The molecule has 1 heterocycles. The summed E-state index contributed by atoms with van der Waals surface area (Å²) in [6.45, 7) is 0.626. The van der Waals surface area contributed by atoms with Crippen molar-refractivity contribution in [1.29, 1.82) is 0 Å². The van der Waals surface area contributed by atoms with E-state index in [9.17, 15) is 4.79 Å². The van der Waals surface area contributed by atoms with Crippen LogP contribution in [0.4, 0.5) is 5.69 Å². The molecule has 20 heavy (non-hydrogen) atoms. The van der Waals surface area contributed by atoms with Gasteiger partial charge in [0, 0.05) is 29.0 Å². The first kappa shape index (κ1) is 14.6. The molecule has 1 aromatic carbocycles. The van der Waals surface area contributed by atoms with Crippen LogP contribution in [0.2, 0.25) is 10.0 Å². The molecule has 0 unspecified atom stereocenters. The predicted octanol–water partition coefficient (Wildman–Crippen LogP) is 3.14. The minimum atomic E-state index is -0.508. The third kappa shape index (κ3) is 3.85. The third-order valence-corrected chi connectivity index (χ3v) is 3.17. The van der Waals surface area contributed by atoms with Crippen molar-refractivity contribution >= 4 is 34.8 Å². The zero-order valence-electron chi connectivity index (χ0n) is 10.6. The number of aromatic nitrogens is 1. The Labute approximate surface area is 126 Å². The lowest BCUT2D eigenvalue weighted by molar-refractivity contribution is 0.100. The number of amides is 1. The summed E-state index contributed by atoms with van der Waals surface area (Å²) in [5, 5.41) is 4.37. The molecule has 0 fully saturated rings. The number of hydrogen-bond acceptors (Lipinski definition) is 3. The number of benzene rings is 1. The van der Waals surface area contributed by atoms with E-state index in [1.54, 1.807) is 18.3 Å². The van der Waals surface area contributed by atoms with Gasteiger partial charge in [-0.15, -0.1) is 0 Å². The smallest absolute Gasteiger partial charge is 0.252 e. The zero-order chi connectivity index (χ0) is 14.5. The number of nitrogens with one attached hydrogen (secondary N) is 1. The first-order valence-electron chi connectivity index (χ1n) is 5.99. The number of primary amides is 1. The number of rotatable bonds is 5. The van der Waals surface area contributed by atoms with E-state index in [0.29, 0.717) is 27.8 Å². The van der Waals surface area contributed by atoms with E-state index in [4.69, 9.17) is 28.9 Å². The summed E-state index contributed by atoms with van der Waals surface area (Å²) in [4.78, 5) is 15.1. The number of carbonyl (C=O) groups excluding carboxylic acids is 1. The second-order valence-corrected chi connectivity index (χ2v) is 5.11. The molecule has 104 valence electrons. The molecule has 0 atom stereocenters. The highest BCUT2D eigenvalue weighted by molar-refractivity contribution is 6.34. The van der Waals surface area contributed by atoms with Crippen molar-refractivity contribution in [2.24, 2.45) is 5.73 Å². The molecule has 0 aliphatic heterocycles. The van der Waals surface area contributed by atoms with Gasteiger partial charge in [-0.3, -0.25) is 9.78 Å². The lowest BCUT2D eigenvalue weighted by Gasteiger charge is -2.09. The van der Waals surface area contributed by atoms with Gasteiger partial charge in [-0.05, 0) is 36.2 Å². The highest BCUT2D eigenvalue weighted by Crippen LogP contribution is 2.19. The molecular formula is C14H13Cl2N3O. The van der Waals surface area contributed by atoms with Crippen LogP contribution >= 0.6 is 23.2 Å². The van der Waals surface area contributed by atoms with E-state index in [1.807, 2.05) is 12.1 Å². The van der Waals surface area contributed by atoms with E-state index in [-0.39, 0.29) is 0 Å². The first-order chi connectivity index (χ1) is 9.56. The molecule has 2 rings (SSSR count). The SMILES string of the molecule is NC(=O)c1cnccc1NCCc1cc(Cl)cc(Cl)c1. The van der Waals surface area contributed by atoms with Gasteiger partial charge in [0.2, 0.25) is 0 Å². The van der Waals surface area contributed by atoms with Gasteiger partial charge >= 0.3 is 0 Å². The minimum Gasteiger partial charge on any atom is -0.384 e. The fraction of sp³-hybridized carbons (Fsp3) is 0.143. The topological polar surface area (TPSA) is 68.0 Å². The Bertz CT molecular complexity index is 611. The van der Waals surface area contributed by atoms with Gasteiger partial charge in [0.05, 0.1) is 11.3 Å². The summed E-state index contributed by atoms with van der Waals surface area (Å²) in [6.07, 6.45) is 3.77. The first-order valence-corrected chi connectivity index (χ1v) is 6.74. The van der Waals surface area contributed by atoms with Crippen LogP contribution in [0.1, 0.15) is 15.9 Å². The summed E-state index contributed by atoms with van der Waals surface area (Å²) in [5.74, 6) is -0.508. The van der Waals surface area contributed by atoms with Crippen LogP contribution in [-0.4, -0.2) is 17.4 Å². The summed E-state index contributed by atoms with van der Waals surface area (Å²) in [5.41, 5.74) is 7.34. The standard InChI is InChI=1S/C14H13Cl2N3O/c15-10-5-9(6-11(16)7-10)1-4-19-13-2-3-18-8-12(13)14(17)20/h2-3,5-8H,1,4H2,(H2,17,20)(H,18,19). The van der Waals surface area contributed by atoms with E-state index < -0.39 is 5.91 Å². The number of carbonyl (C=O) groups is 1. The lowest BCUT2D eigenvalue weighted by atomic mass is 10.1. The molecule has 1 aromatic heterocycles. The Hall–Kier alpha value is -1.78. The maximum atomic E-state index is 11.3. The van der Waals surface area contributed by atoms with Crippen molar-refractivity contribution in [3.05, 3.63) is 57.8 Å². The van der Waals surface area contributed by atoms with E-state index in [1.165, 1.54) is 6.20 Å². The lowest BCUT2D eigenvalue weighted by Crippen LogP contribution is -2.15. The molecule has 1 amide bonds. The molecule has 0 saturated heterocycles. The second kappa shape index (κ2) is 6.59. The number of halogens is 2. The molecular weight excluding hydrogens is 297 g/mol. The Morgan fingerprint density at radius 3 is 2.60 bits per heavy atom. The average Bonchev–Trinajstić information content (AvgIpc) is 2.38. The molecule has 3 N–H and O–H groups in total. The van der Waals surface area contributed by atoms with Crippen LogP contribution < -0.4 is 11.1 Å². The highest BCUT2D eigenvalue weighted by atomic mass is 35.5. The van der Waals surface area contributed by atoms with Crippen LogP contribution in [0.3, 0.4) is 0 Å². The molecule has 0 radical (unpaired) electrons. The molecule has 0 aliphatic rings. The fourth-order valence-electron chi connectivity index (χ4n) is 1.84. The van der Waals surface area contributed by atoms with Crippen molar-refractivity contribution in [3.8, 4) is 0 Å². The van der Waals surface area contributed by atoms with Crippen LogP contribution in [0, 0.1) is 0 Å². The van der Waals surface area contributed by atoms with Crippen molar-refractivity contribution in [2.75, 3.05) is 11.9 Å². The summed E-state index contributed by atoms with van der Waals surface area (Å²) >= 11 is 11.9. The maximum absolute atomic E-state index is 11.3. The predicted molar refractivity (Wildman–Crippen MR) is 81.4 cm³/mol. The zero-order valence-corrected chi connectivity index (χ0v) is 12.1. The van der Waals surface area contributed by atoms with Gasteiger partial charge < -0.3 is 11.1 Å². The van der Waals surface area contributed by atoms with Gasteiger partial charge in [0.1, 0.15) is 0 Å².